The third-order valence-corrected chi connectivity index (χ3v) is 1.09. The molecule has 0 fully saturated rings. The van der Waals surface area contributed by atoms with Gasteiger partial charge in [0.1, 0.15) is 0 Å². The van der Waals surface area contributed by atoms with Crippen LogP contribution in [0.25, 0.3) is 0 Å². The van der Waals surface area contributed by atoms with Crippen molar-refractivity contribution in [3.8, 4) is 0 Å². The Morgan fingerprint density at radius 2 is 1.90 bits per heavy atom. The Hall–Kier alpha value is -0.780. The van der Waals surface area contributed by atoms with Gasteiger partial charge in [0.2, 0.25) is 0 Å². The van der Waals surface area contributed by atoms with E-state index in [1.54, 1.807) is 0 Å². The summed E-state index contributed by atoms with van der Waals surface area (Å²) in [4.78, 5) is 0. The van der Waals surface area contributed by atoms with E-state index in [4.69, 9.17) is 0 Å². The third kappa shape index (κ3) is 7.22. The zero-order chi connectivity index (χ0) is 7.82. The van der Waals surface area contributed by atoms with Crippen LogP contribution in [0.3, 0.4) is 0 Å². The summed E-state index contributed by atoms with van der Waals surface area (Å²) in [7, 11) is 0. The van der Waals surface area contributed by atoms with E-state index in [9.17, 15) is 0 Å². The standard InChI is InChI=1S/C10H16/c1-4-5-6-7-8-9-10(2)3/h5-8H,2,4,9H2,1,3H3/b6-5-,8-7-. The van der Waals surface area contributed by atoms with Gasteiger partial charge in [-0.2, -0.15) is 0 Å². The SMILES string of the molecule is C=C(C)C/C=C\C=C/CC. The Balaban J connectivity index is 3.37. The molecule has 0 aromatic carbocycles. The van der Waals surface area contributed by atoms with E-state index < -0.39 is 0 Å². The zero-order valence-corrected chi connectivity index (χ0v) is 6.93. The lowest BCUT2D eigenvalue weighted by Crippen LogP contribution is -1.65. The van der Waals surface area contributed by atoms with Gasteiger partial charge in [-0.05, 0) is 19.8 Å². The smallest absolute Gasteiger partial charge is 0.0141 e. The Labute approximate surface area is 64.0 Å². The van der Waals surface area contributed by atoms with E-state index in [0.717, 1.165) is 12.8 Å². The minimum Gasteiger partial charge on any atom is -0.0998 e. The molecule has 0 saturated heterocycles. The second-order valence-corrected chi connectivity index (χ2v) is 2.43. The second-order valence-electron chi connectivity index (χ2n) is 2.43. The van der Waals surface area contributed by atoms with Gasteiger partial charge in [-0.25, -0.2) is 0 Å². The van der Waals surface area contributed by atoms with Gasteiger partial charge >= 0.3 is 0 Å². The molecule has 0 heteroatoms. The third-order valence-electron chi connectivity index (χ3n) is 1.09. The fraction of sp³-hybridized carbons (Fsp3) is 0.400. The summed E-state index contributed by atoms with van der Waals surface area (Å²) in [6.45, 7) is 7.96. The van der Waals surface area contributed by atoms with Crippen LogP contribution in [-0.4, -0.2) is 0 Å². The highest BCUT2D eigenvalue weighted by Gasteiger charge is 1.75. The molecule has 0 bridgehead atoms. The largest absolute Gasteiger partial charge is 0.0998 e. The van der Waals surface area contributed by atoms with Gasteiger partial charge < -0.3 is 0 Å². The summed E-state index contributed by atoms with van der Waals surface area (Å²) >= 11 is 0. The number of hydrogen-bond acceptors (Lipinski definition) is 0. The molecule has 0 saturated carbocycles. The molecule has 0 aromatic rings. The van der Waals surface area contributed by atoms with E-state index in [2.05, 4.69) is 37.8 Å². The van der Waals surface area contributed by atoms with E-state index in [1.807, 2.05) is 6.92 Å². The predicted molar refractivity (Wildman–Crippen MR) is 48.0 cm³/mol. The van der Waals surface area contributed by atoms with Gasteiger partial charge in [0.25, 0.3) is 0 Å². The van der Waals surface area contributed by atoms with E-state index in [0.29, 0.717) is 0 Å². The molecule has 0 aliphatic rings. The van der Waals surface area contributed by atoms with Crippen LogP contribution in [0.15, 0.2) is 36.5 Å². The van der Waals surface area contributed by atoms with Crippen molar-refractivity contribution in [2.45, 2.75) is 26.7 Å². The first-order valence-corrected chi connectivity index (χ1v) is 3.73. The van der Waals surface area contributed by atoms with E-state index in [1.165, 1.54) is 5.57 Å². The first-order chi connectivity index (χ1) is 4.77. The summed E-state index contributed by atoms with van der Waals surface area (Å²) in [6.07, 6.45) is 10.5. The van der Waals surface area contributed by atoms with Crippen molar-refractivity contribution in [3.63, 3.8) is 0 Å². The Morgan fingerprint density at radius 1 is 1.30 bits per heavy atom. The first-order valence-electron chi connectivity index (χ1n) is 3.73. The Kier molecular flexibility index (Phi) is 5.85. The van der Waals surface area contributed by atoms with Crippen LogP contribution < -0.4 is 0 Å². The first kappa shape index (κ1) is 9.22. The molecule has 56 valence electrons. The lowest BCUT2D eigenvalue weighted by atomic mass is 10.2. The number of rotatable bonds is 4. The van der Waals surface area contributed by atoms with Crippen molar-refractivity contribution in [3.05, 3.63) is 36.5 Å². The summed E-state index contributed by atoms with van der Waals surface area (Å²) in [5.74, 6) is 0. The predicted octanol–water partition coefficient (Wildman–Crippen LogP) is 3.48. The minimum absolute atomic E-state index is 0.994. The highest BCUT2D eigenvalue weighted by molar-refractivity contribution is 5.06. The maximum Gasteiger partial charge on any atom is -0.0141 e. The van der Waals surface area contributed by atoms with E-state index >= 15 is 0 Å². The van der Waals surface area contributed by atoms with Crippen molar-refractivity contribution < 1.29 is 0 Å². The minimum atomic E-state index is 0.994. The van der Waals surface area contributed by atoms with Crippen LogP contribution in [0.1, 0.15) is 26.7 Å². The van der Waals surface area contributed by atoms with Crippen molar-refractivity contribution in [1.82, 2.24) is 0 Å². The highest BCUT2D eigenvalue weighted by Crippen LogP contribution is 1.95. The van der Waals surface area contributed by atoms with Crippen LogP contribution in [-0.2, 0) is 0 Å². The maximum absolute atomic E-state index is 3.80. The zero-order valence-electron chi connectivity index (χ0n) is 6.93. The normalized spacial score (nSPS) is 11.4. The topological polar surface area (TPSA) is 0 Å². The lowest BCUT2D eigenvalue weighted by Gasteiger charge is -1.86. The Morgan fingerprint density at radius 3 is 2.40 bits per heavy atom. The van der Waals surface area contributed by atoms with Crippen molar-refractivity contribution >= 4 is 0 Å². The monoisotopic (exact) mass is 136 g/mol. The highest BCUT2D eigenvalue weighted by atomic mass is 13.8. The van der Waals surface area contributed by atoms with Gasteiger partial charge in [0.15, 0.2) is 0 Å². The number of hydrogen-bond donors (Lipinski definition) is 0. The molecule has 0 spiro atoms. The molecule has 0 unspecified atom stereocenters. The van der Waals surface area contributed by atoms with Crippen molar-refractivity contribution in [2.75, 3.05) is 0 Å². The van der Waals surface area contributed by atoms with Crippen LogP contribution in [0, 0.1) is 0 Å². The van der Waals surface area contributed by atoms with Gasteiger partial charge in [0.05, 0.1) is 0 Å². The molecule has 0 amide bonds. The summed E-state index contributed by atoms with van der Waals surface area (Å²) in [6, 6.07) is 0. The lowest BCUT2D eigenvalue weighted by molar-refractivity contribution is 1.21. The molecule has 0 atom stereocenters. The maximum atomic E-state index is 3.80. The molecular formula is C10H16. The molecule has 0 radical (unpaired) electrons. The molecule has 10 heavy (non-hydrogen) atoms. The molecular weight excluding hydrogens is 120 g/mol. The molecule has 0 rings (SSSR count). The van der Waals surface area contributed by atoms with E-state index in [-0.39, 0.29) is 0 Å². The molecule has 0 aliphatic carbocycles. The van der Waals surface area contributed by atoms with Gasteiger partial charge in [-0.1, -0.05) is 43.4 Å². The summed E-state index contributed by atoms with van der Waals surface area (Å²) < 4.78 is 0. The van der Waals surface area contributed by atoms with Gasteiger partial charge in [0, 0.05) is 0 Å². The second kappa shape index (κ2) is 6.34. The van der Waals surface area contributed by atoms with Crippen molar-refractivity contribution in [2.24, 2.45) is 0 Å². The van der Waals surface area contributed by atoms with Crippen LogP contribution in [0.2, 0.25) is 0 Å². The summed E-state index contributed by atoms with van der Waals surface area (Å²) in [5, 5.41) is 0. The quantitative estimate of drug-likeness (QED) is 0.410. The van der Waals surface area contributed by atoms with Crippen LogP contribution in [0.5, 0.6) is 0 Å². The van der Waals surface area contributed by atoms with Gasteiger partial charge in [-0.15, -0.1) is 0 Å². The number of allylic oxidation sites excluding steroid dienone is 5. The Bertz CT molecular complexity index is 138. The summed E-state index contributed by atoms with van der Waals surface area (Å²) in [5.41, 5.74) is 1.21. The fourth-order valence-electron chi connectivity index (χ4n) is 0.562. The average Bonchev–Trinajstić information content (AvgIpc) is 1.87. The van der Waals surface area contributed by atoms with Crippen molar-refractivity contribution in [1.29, 1.82) is 0 Å². The molecule has 0 aliphatic heterocycles. The molecule has 0 N–H and O–H groups in total. The molecule has 0 aromatic heterocycles. The molecule has 0 heterocycles. The van der Waals surface area contributed by atoms with Crippen LogP contribution in [0.4, 0.5) is 0 Å². The molecule has 0 nitrogen and oxygen atoms in total. The van der Waals surface area contributed by atoms with Crippen LogP contribution >= 0.6 is 0 Å². The van der Waals surface area contributed by atoms with Gasteiger partial charge in [-0.3, -0.25) is 0 Å². The average molecular weight is 136 g/mol. The fourth-order valence-corrected chi connectivity index (χ4v) is 0.562.